The van der Waals surface area contributed by atoms with E-state index in [1.807, 2.05) is 27.7 Å². The van der Waals surface area contributed by atoms with Crippen LogP contribution in [0.1, 0.15) is 79.1 Å². The number of methoxy groups -OCH3 is 1. The summed E-state index contributed by atoms with van der Waals surface area (Å²) in [5.41, 5.74) is -0.498. The van der Waals surface area contributed by atoms with Crippen molar-refractivity contribution in [1.29, 1.82) is 0 Å². The van der Waals surface area contributed by atoms with Crippen LogP contribution in [0.15, 0.2) is 0 Å². The van der Waals surface area contributed by atoms with E-state index in [9.17, 15) is 22.8 Å². The zero-order valence-electron chi connectivity index (χ0n) is 25.4. The minimum absolute atomic E-state index is 0.0337. The molecule has 3 aliphatic rings. The maximum atomic E-state index is 13.0. The third kappa shape index (κ3) is 9.99. The average Bonchev–Trinajstić information content (AvgIpc) is 2.94. The predicted molar refractivity (Wildman–Crippen MR) is 154 cm³/mol. The highest BCUT2D eigenvalue weighted by Crippen LogP contribution is 2.25. The molecule has 3 amide bonds. The third-order valence-corrected chi connectivity index (χ3v) is 9.94. The van der Waals surface area contributed by atoms with Gasteiger partial charge in [-0.2, -0.15) is 4.31 Å². The number of piperidine rings is 3. The van der Waals surface area contributed by atoms with Crippen molar-refractivity contribution in [2.24, 2.45) is 5.92 Å². The molecule has 3 fully saturated rings. The van der Waals surface area contributed by atoms with E-state index in [-0.39, 0.29) is 36.6 Å². The summed E-state index contributed by atoms with van der Waals surface area (Å²) in [5.74, 6) is -0.203. The van der Waals surface area contributed by atoms with Gasteiger partial charge in [0.15, 0.2) is 0 Å². The van der Waals surface area contributed by atoms with Crippen LogP contribution >= 0.6 is 0 Å². The van der Waals surface area contributed by atoms with Gasteiger partial charge in [0.05, 0.1) is 19.0 Å². The number of amides is 3. The molecule has 41 heavy (non-hydrogen) atoms. The number of sulfonamides is 1. The average molecular weight is 603 g/mol. The van der Waals surface area contributed by atoms with E-state index in [0.717, 1.165) is 32.1 Å². The number of urea groups is 1. The van der Waals surface area contributed by atoms with E-state index >= 15 is 0 Å². The van der Waals surface area contributed by atoms with E-state index in [4.69, 9.17) is 14.2 Å². The molecule has 0 unspecified atom stereocenters. The van der Waals surface area contributed by atoms with E-state index in [2.05, 4.69) is 5.32 Å². The highest BCUT2D eigenvalue weighted by molar-refractivity contribution is 7.89. The van der Waals surface area contributed by atoms with E-state index in [1.54, 1.807) is 9.80 Å². The van der Waals surface area contributed by atoms with Crippen LogP contribution in [0.4, 0.5) is 9.59 Å². The number of likely N-dealkylation sites (tertiary alicyclic amines) is 2. The van der Waals surface area contributed by atoms with Crippen LogP contribution in [0.2, 0.25) is 0 Å². The predicted octanol–water partition coefficient (Wildman–Crippen LogP) is 2.96. The normalized spacial score (nSPS) is 23.7. The zero-order chi connectivity index (χ0) is 30.2. The molecule has 0 aromatic carbocycles. The molecule has 3 saturated heterocycles. The molecule has 13 heteroatoms. The van der Waals surface area contributed by atoms with Crippen LogP contribution in [0.25, 0.3) is 0 Å². The van der Waals surface area contributed by atoms with Crippen LogP contribution in [0.5, 0.6) is 0 Å². The van der Waals surface area contributed by atoms with E-state index < -0.39 is 27.6 Å². The molecule has 236 valence electrons. The molecule has 0 radical (unpaired) electrons. The second-order valence-electron chi connectivity index (χ2n) is 12.4. The summed E-state index contributed by atoms with van der Waals surface area (Å²) >= 11 is 0. The first-order valence-corrected chi connectivity index (χ1v) is 16.7. The lowest BCUT2D eigenvalue weighted by atomic mass is 9.98. The van der Waals surface area contributed by atoms with Crippen molar-refractivity contribution >= 4 is 28.1 Å². The van der Waals surface area contributed by atoms with Crippen molar-refractivity contribution in [3.8, 4) is 0 Å². The summed E-state index contributed by atoms with van der Waals surface area (Å²) in [6, 6.07) is -1.45. The van der Waals surface area contributed by atoms with Gasteiger partial charge in [-0.25, -0.2) is 18.0 Å². The maximum absolute atomic E-state index is 13.0. The molecule has 3 aliphatic heterocycles. The third-order valence-electron chi connectivity index (χ3n) is 8.01. The Balaban J connectivity index is 1.40. The molecule has 12 nitrogen and oxygen atoms in total. The van der Waals surface area contributed by atoms with Gasteiger partial charge >= 0.3 is 18.1 Å². The summed E-state index contributed by atoms with van der Waals surface area (Å²) < 4.78 is 43.7. The molecule has 0 aromatic heterocycles. The molecule has 0 aromatic rings. The molecule has 0 bridgehead atoms. The summed E-state index contributed by atoms with van der Waals surface area (Å²) in [7, 11) is -2.40. The van der Waals surface area contributed by atoms with Crippen molar-refractivity contribution in [2.45, 2.75) is 103 Å². The van der Waals surface area contributed by atoms with Crippen molar-refractivity contribution in [3.63, 3.8) is 0 Å². The van der Waals surface area contributed by atoms with Gasteiger partial charge in [0.2, 0.25) is 10.0 Å². The topological polar surface area (TPSA) is 135 Å². The first kappa shape index (κ1) is 33.4. The highest BCUT2D eigenvalue weighted by atomic mass is 32.2. The second kappa shape index (κ2) is 14.9. The lowest BCUT2D eigenvalue weighted by Gasteiger charge is -2.39. The summed E-state index contributed by atoms with van der Waals surface area (Å²) in [4.78, 5) is 41.1. The van der Waals surface area contributed by atoms with Gasteiger partial charge in [0.1, 0.15) is 11.6 Å². The van der Waals surface area contributed by atoms with Crippen LogP contribution in [0, 0.1) is 5.92 Å². The number of hydrogen-bond donors (Lipinski definition) is 1. The number of carbonyl (C=O) groups excluding carboxylic acids is 3. The molecule has 0 spiro atoms. The molecule has 2 atom stereocenters. The smallest absolute Gasteiger partial charge is 0.410 e. The van der Waals surface area contributed by atoms with Crippen molar-refractivity contribution < 1.29 is 37.0 Å². The number of esters is 1. The Morgan fingerprint density at radius 2 is 1.56 bits per heavy atom. The number of carbonyl (C=O) groups is 3. The molecular weight excluding hydrogens is 552 g/mol. The second-order valence-corrected chi connectivity index (χ2v) is 14.5. The quantitative estimate of drug-likeness (QED) is 0.398. The van der Waals surface area contributed by atoms with Gasteiger partial charge < -0.3 is 29.3 Å². The largest absolute Gasteiger partial charge is 0.468 e. The van der Waals surface area contributed by atoms with Crippen molar-refractivity contribution in [2.75, 3.05) is 52.2 Å². The Labute approximate surface area is 245 Å². The van der Waals surface area contributed by atoms with E-state index in [0.29, 0.717) is 58.0 Å². The Bertz CT molecular complexity index is 986. The first-order chi connectivity index (χ1) is 19.3. The van der Waals surface area contributed by atoms with Crippen molar-refractivity contribution in [3.05, 3.63) is 0 Å². The number of hydrogen-bond acceptors (Lipinski definition) is 8. The Morgan fingerprint density at radius 3 is 2.15 bits per heavy atom. The van der Waals surface area contributed by atoms with Gasteiger partial charge in [-0.05, 0) is 71.6 Å². The summed E-state index contributed by atoms with van der Waals surface area (Å²) in [6.45, 7) is 10.7. The SMILES string of the molecule is CCCCS(=O)(=O)N1C[C@H](NC(=O)N2CCC(OCC3CCN(C(=O)OC(C)(C)C)CC3)CC2)CC[C@@H]1C(=O)OC. The molecule has 0 aliphatic carbocycles. The van der Waals surface area contributed by atoms with Crippen LogP contribution in [-0.2, 0) is 29.0 Å². The van der Waals surface area contributed by atoms with Gasteiger partial charge in [-0.3, -0.25) is 4.79 Å². The number of nitrogens with zero attached hydrogens (tertiary/aromatic N) is 3. The summed E-state index contributed by atoms with van der Waals surface area (Å²) in [5, 5.41) is 3.00. The fourth-order valence-corrected chi connectivity index (χ4v) is 7.43. The van der Waals surface area contributed by atoms with Gasteiger partial charge in [0, 0.05) is 45.4 Å². The van der Waals surface area contributed by atoms with Gasteiger partial charge in [-0.1, -0.05) is 13.3 Å². The lowest BCUT2D eigenvalue weighted by Crippen LogP contribution is -2.58. The minimum Gasteiger partial charge on any atom is -0.468 e. The monoisotopic (exact) mass is 602 g/mol. The minimum atomic E-state index is -3.66. The Morgan fingerprint density at radius 1 is 0.927 bits per heavy atom. The highest BCUT2D eigenvalue weighted by Gasteiger charge is 2.41. The fraction of sp³-hybridized carbons (Fsp3) is 0.893. The van der Waals surface area contributed by atoms with E-state index in [1.165, 1.54) is 11.4 Å². The number of unbranched alkanes of at least 4 members (excludes halogenated alkanes) is 1. The van der Waals surface area contributed by atoms with Crippen LogP contribution in [-0.4, -0.2) is 117 Å². The standard InChI is InChI=1S/C28H50N4O8S/c1-6-7-18-41(36,37)32-19-22(8-9-24(32)25(33)38-5)29-26(34)30-16-12-23(13-17-30)39-20-21-10-14-31(15-11-21)27(35)40-28(2,3)4/h21-24H,6-20H2,1-5H3,(H,29,34)/t22-,24-/m1/s1. The number of rotatable bonds is 9. The molecule has 3 heterocycles. The van der Waals surface area contributed by atoms with Gasteiger partial charge in [0.25, 0.3) is 0 Å². The maximum Gasteiger partial charge on any atom is 0.410 e. The first-order valence-electron chi connectivity index (χ1n) is 15.0. The number of nitrogens with one attached hydrogen (secondary N) is 1. The number of ether oxygens (including phenoxy) is 3. The van der Waals surface area contributed by atoms with Crippen molar-refractivity contribution in [1.82, 2.24) is 19.4 Å². The Hall–Kier alpha value is -2.12. The summed E-state index contributed by atoms with van der Waals surface area (Å²) in [6.07, 6.45) is 5.08. The van der Waals surface area contributed by atoms with Gasteiger partial charge in [-0.15, -0.1) is 0 Å². The van der Waals surface area contributed by atoms with Crippen LogP contribution in [0.3, 0.4) is 0 Å². The Kier molecular flexibility index (Phi) is 12.1. The van der Waals surface area contributed by atoms with Crippen LogP contribution < -0.4 is 5.32 Å². The molecule has 0 saturated carbocycles. The molecule has 3 rings (SSSR count). The fourth-order valence-electron chi connectivity index (χ4n) is 5.55. The molecule has 1 N–H and O–H groups in total. The lowest BCUT2D eigenvalue weighted by molar-refractivity contribution is -0.146. The molecular formula is C28H50N4O8S. The zero-order valence-corrected chi connectivity index (χ0v) is 26.2.